The van der Waals surface area contributed by atoms with Crippen molar-refractivity contribution in [3.8, 4) is 0 Å². The number of hydrogen-bond acceptors (Lipinski definition) is 1. The lowest BCUT2D eigenvalue weighted by Crippen LogP contribution is -2.31. The number of benzene rings is 4. The van der Waals surface area contributed by atoms with Crippen LogP contribution in [-0.2, 0) is 5.41 Å². The maximum atomic E-state index is 13.7. The molecule has 4 aromatic rings. The Morgan fingerprint density at radius 3 is 0.931 bits per heavy atom. The highest BCUT2D eigenvalue weighted by Crippen LogP contribution is 2.45. The van der Waals surface area contributed by atoms with Crippen LogP contribution in [0.5, 0.6) is 0 Å². The third-order valence-electron chi connectivity index (χ3n) is 5.18. The molecule has 4 rings (SSSR count). The second-order valence-corrected chi connectivity index (χ2v) is 6.89. The van der Waals surface area contributed by atoms with Crippen molar-refractivity contribution >= 4 is 5.69 Å². The van der Waals surface area contributed by atoms with Crippen LogP contribution in [0.4, 0.5) is 18.9 Å². The molecule has 0 spiro atoms. The van der Waals surface area contributed by atoms with Gasteiger partial charge in [-0.2, -0.15) is 0 Å². The van der Waals surface area contributed by atoms with E-state index in [0.29, 0.717) is 5.69 Å². The summed E-state index contributed by atoms with van der Waals surface area (Å²) in [6, 6.07) is 25.8. The Morgan fingerprint density at radius 2 is 0.655 bits per heavy atom. The standard InChI is InChI=1S/C25H18F3N/c26-21-9-1-17(2-10-21)25(18-3-11-22(27)12-4-18,19-5-13-23(28)14-6-19)20-7-15-24(29)16-8-20/h1-16H,29H2. The first-order valence-corrected chi connectivity index (χ1v) is 9.14. The third-order valence-corrected chi connectivity index (χ3v) is 5.18. The van der Waals surface area contributed by atoms with Crippen molar-refractivity contribution in [2.24, 2.45) is 0 Å². The van der Waals surface area contributed by atoms with Gasteiger partial charge in [-0.05, 0) is 70.8 Å². The van der Waals surface area contributed by atoms with Crippen molar-refractivity contribution in [3.63, 3.8) is 0 Å². The van der Waals surface area contributed by atoms with Crippen LogP contribution in [0, 0.1) is 17.5 Å². The lowest BCUT2D eigenvalue weighted by atomic mass is 9.65. The molecular weight excluding hydrogens is 371 g/mol. The summed E-state index contributed by atoms with van der Waals surface area (Å²) >= 11 is 0. The van der Waals surface area contributed by atoms with Crippen LogP contribution in [0.25, 0.3) is 0 Å². The predicted octanol–water partition coefficient (Wildman–Crippen LogP) is 6.07. The van der Waals surface area contributed by atoms with Crippen LogP contribution < -0.4 is 5.73 Å². The van der Waals surface area contributed by atoms with Gasteiger partial charge in [-0.1, -0.05) is 48.5 Å². The zero-order valence-corrected chi connectivity index (χ0v) is 15.4. The van der Waals surface area contributed by atoms with Gasteiger partial charge < -0.3 is 5.73 Å². The maximum Gasteiger partial charge on any atom is 0.123 e. The van der Waals surface area contributed by atoms with E-state index in [1.54, 1.807) is 48.5 Å². The van der Waals surface area contributed by atoms with E-state index >= 15 is 0 Å². The minimum absolute atomic E-state index is 0.363. The largest absolute Gasteiger partial charge is 0.399 e. The van der Waals surface area contributed by atoms with Gasteiger partial charge in [-0.25, -0.2) is 13.2 Å². The zero-order chi connectivity index (χ0) is 20.4. The molecule has 0 bridgehead atoms. The molecule has 0 amide bonds. The minimum atomic E-state index is -0.914. The van der Waals surface area contributed by atoms with Crippen LogP contribution in [0.2, 0.25) is 0 Å². The van der Waals surface area contributed by atoms with Gasteiger partial charge in [0.2, 0.25) is 0 Å². The van der Waals surface area contributed by atoms with Gasteiger partial charge in [0.05, 0.1) is 5.41 Å². The fourth-order valence-electron chi connectivity index (χ4n) is 3.83. The van der Waals surface area contributed by atoms with E-state index in [1.165, 1.54) is 36.4 Å². The van der Waals surface area contributed by atoms with Gasteiger partial charge in [0, 0.05) is 5.69 Å². The van der Waals surface area contributed by atoms with Gasteiger partial charge in [0.25, 0.3) is 0 Å². The number of nitrogen functional groups attached to an aromatic ring is 1. The van der Waals surface area contributed by atoms with E-state index in [-0.39, 0.29) is 17.5 Å². The molecular formula is C25H18F3N. The number of rotatable bonds is 4. The van der Waals surface area contributed by atoms with Crippen molar-refractivity contribution in [2.75, 3.05) is 5.73 Å². The smallest absolute Gasteiger partial charge is 0.123 e. The number of anilines is 1. The summed E-state index contributed by atoms with van der Waals surface area (Å²) in [6.07, 6.45) is 0. The first-order chi connectivity index (χ1) is 14.0. The van der Waals surface area contributed by atoms with E-state index in [2.05, 4.69) is 0 Å². The summed E-state index contributed by atoms with van der Waals surface area (Å²) < 4.78 is 41.2. The lowest BCUT2D eigenvalue weighted by molar-refractivity contribution is 0.619. The average Bonchev–Trinajstić information content (AvgIpc) is 2.73. The molecule has 0 atom stereocenters. The first-order valence-electron chi connectivity index (χ1n) is 9.14. The topological polar surface area (TPSA) is 26.0 Å². The highest BCUT2D eigenvalue weighted by molar-refractivity contribution is 5.60. The minimum Gasteiger partial charge on any atom is -0.399 e. The molecule has 0 radical (unpaired) electrons. The molecule has 4 aromatic carbocycles. The molecule has 0 aromatic heterocycles. The first kappa shape index (κ1) is 18.8. The van der Waals surface area contributed by atoms with Gasteiger partial charge >= 0.3 is 0 Å². The van der Waals surface area contributed by atoms with Crippen molar-refractivity contribution in [1.29, 1.82) is 0 Å². The second-order valence-electron chi connectivity index (χ2n) is 6.89. The Bertz CT molecular complexity index is 913. The van der Waals surface area contributed by atoms with Crippen LogP contribution >= 0.6 is 0 Å². The van der Waals surface area contributed by atoms with Crippen molar-refractivity contribution in [1.82, 2.24) is 0 Å². The van der Waals surface area contributed by atoms with Crippen LogP contribution in [-0.4, -0.2) is 0 Å². The summed E-state index contributed by atoms with van der Waals surface area (Å²) in [4.78, 5) is 0. The second kappa shape index (κ2) is 7.47. The maximum absolute atomic E-state index is 13.7. The molecule has 0 aliphatic heterocycles. The third kappa shape index (κ3) is 3.38. The summed E-state index contributed by atoms with van der Waals surface area (Å²) in [5.41, 5.74) is 8.72. The zero-order valence-electron chi connectivity index (χ0n) is 15.4. The van der Waals surface area contributed by atoms with Crippen molar-refractivity contribution in [2.45, 2.75) is 5.41 Å². The summed E-state index contributed by atoms with van der Waals surface area (Å²) in [6.45, 7) is 0. The molecule has 0 aliphatic rings. The van der Waals surface area contributed by atoms with E-state index in [4.69, 9.17) is 5.73 Å². The molecule has 0 saturated heterocycles. The SMILES string of the molecule is Nc1ccc(C(c2ccc(F)cc2)(c2ccc(F)cc2)c2ccc(F)cc2)cc1. The van der Waals surface area contributed by atoms with Crippen LogP contribution in [0.1, 0.15) is 22.3 Å². The molecule has 29 heavy (non-hydrogen) atoms. The van der Waals surface area contributed by atoms with Gasteiger partial charge in [-0.15, -0.1) is 0 Å². The number of hydrogen-bond donors (Lipinski definition) is 1. The molecule has 144 valence electrons. The Morgan fingerprint density at radius 1 is 0.414 bits per heavy atom. The molecule has 0 saturated carbocycles. The molecule has 0 heterocycles. The quantitative estimate of drug-likeness (QED) is 0.333. The molecule has 0 aliphatic carbocycles. The average molecular weight is 389 g/mol. The number of nitrogens with two attached hydrogens (primary N) is 1. The van der Waals surface area contributed by atoms with Crippen LogP contribution in [0.15, 0.2) is 97.1 Å². The monoisotopic (exact) mass is 389 g/mol. The van der Waals surface area contributed by atoms with Gasteiger partial charge in [0.1, 0.15) is 17.5 Å². The predicted molar refractivity (Wildman–Crippen MR) is 109 cm³/mol. The Kier molecular flexibility index (Phi) is 4.85. The molecule has 2 N–H and O–H groups in total. The van der Waals surface area contributed by atoms with Crippen LogP contribution in [0.3, 0.4) is 0 Å². The van der Waals surface area contributed by atoms with Gasteiger partial charge in [-0.3, -0.25) is 0 Å². The summed E-state index contributed by atoms with van der Waals surface area (Å²) in [5, 5.41) is 0. The molecule has 0 unspecified atom stereocenters. The Hall–Kier alpha value is -3.53. The molecule has 1 nitrogen and oxygen atoms in total. The summed E-state index contributed by atoms with van der Waals surface area (Å²) in [7, 11) is 0. The lowest BCUT2D eigenvalue weighted by Gasteiger charge is -2.37. The summed E-state index contributed by atoms with van der Waals surface area (Å²) in [5.74, 6) is -1.09. The Balaban J connectivity index is 2.11. The highest BCUT2D eigenvalue weighted by atomic mass is 19.1. The van der Waals surface area contributed by atoms with Gasteiger partial charge in [0.15, 0.2) is 0 Å². The Labute approximate surface area is 167 Å². The molecule has 4 heteroatoms. The van der Waals surface area contributed by atoms with Crippen molar-refractivity contribution < 1.29 is 13.2 Å². The van der Waals surface area contributed by atoms with E-state index < -0.39 is 5.41 Å². The normalized spacial score (nSPS) is 11.4. The van der Waals surface area contributed by atoms with E-state index in [0.717, 1.165) is 22.3 Å². The highest BCUT2D eigenvalue weighted by Gasteiger charge is 2.38. The van der Waals surface area contributed by atoms with E-state index in [9.17, 15) is 13.2 Å². The fraction of sp³-hybridized carbons (Fsp3) is 0.0400. The van der Waals surface area contributed by atoms with Crippen molar-refractivity contribution in [3.05, 3.63) is 137 Å². The molecule has 0 fully saturated rings. The number of halogens is 3. The van der Waals surface area contributed by atoms with E-state index in [1.807, 2.05) is 12.1 Å². The fourth-order valence-corrected chi connectivity index (χ4v) is 3.83.